The fourth-order valence-electron chi connectivity index (χ4n) is 2.35. The van der Waals surface area contributed by atoms with Crippen LogP contribution in [-0.4, -0.2) is 41.3 Å². The van der Waals surface area contributed by atoms with Crippen LogP contribution in [0.5, 0.6) is 0 Å². The van der Waals surface area contributed by atoms with E-state index in [1.165, 1.54) is 10.5 Å². The van der Waals surface area contributed by atoms with E-state index in [1.54, 1.807) is 20.9 Å². The first kappa shape index (κ1) is 15.3. The molecule has 110 valence electrons. The van der Waals surface area contributed by atoms with Gasteiger partial charge >= 0.3 is 6.03 Å². The molecule has 1 aromatic carbocycles. The van der Waals surface area contributed by atoms with Crippen LogP contribution in [0.3, 0.4) is 0 Å². The molecule has 5 heteroatoms. The topological polar surface area (TPSA) is 52.6 Å². The number of aliphatic hydroxyl groups is 1. The van der Waals surface area contributed by atoms with Crippen molar-refractivity contribution >= 4 is 22.0 Å². The standard InChI is InChI=1S/C15H21BrN2O2/c1-15(2,20)9-18(3)14(19)17-13-8-12(13)10-4-6-11(16)7-5-10/h4-7,12-13,20H,8-9H2,1-3H3,(H,17,19). The highest BCUT2D eigenvalue weighted by molar-refractivity contribution is 9.10. The van der Waals surface area contributed by atoms with Crippen molar-refractivity contribution in [3.8, 4) is 0 Å². The van der Waals surface area contributed by atoms with Crippen molar-refractivity contribution in [3.63, 3.8) is 0 Å². The van der Waals surface area contributed by atoms with Crippen molar-refractivity contribution in [2.24, 2.45) is 0 Å². The normalized spacial score (nSPS) is 21.4. The van der Waals surface area contributed by atoms with E-state index in [0.29, 0.717) is 12.5 Å². The van der Waals surface area contributed by atoms with Crippen LogP contribution >= 0.6 is 15.9 Å². The predicted molar refractivity (Wildman–Crippen MR) is 82.7 cm³/mol. The second-order valence-corrected chi connectivity index (χ2v) is 7.03. The maximum atomic E-state index is 12.0. The van der Waals surface area contributed by atoms with Gasteiger partial charge in [-0.1, -0.05) is 28.1 Å². The summed E-state index contributed by atoms with van der Waals surface area (Å²) in [6, 6.07) is 8.28. The summed E-state index contributed by atoms with van der Waals surface area (Å²) in [4.78, 5) is 13.5. The number of urea groups is 1. The number of hydrogen-bond donors (Lipinski definition) is 2. The number of likely N-dealkylation sites (N-methyl/N-ethyl adjacent to an activating group) is 1. The number of amides is 2. The number of rotatable bonds is 4. The van der Waals surface area contributed by atoms with Crippen LogP contribution in [0, 0.1) is 0 Å². The number of halogens is 1. The van der Waals surface area contributed by atoms with E-state index in [4.69, 9.17) is 0 Å². The van der Waals surface area contributed by atoms with Crippen molar-refractivity contribution in [2.75, 3.05) is 13.6 Å². The van der Waals surface area contributed by atoms with Crippen molar-refractivity contribution in [3.05, 3.63) is 34.3 Å². The summed E-state index contributed by atoms with van der Waals surface area (Å²) >= 11 is 3.42. The number of nitrogens with one attached hydrogen (secondary N) is 1. The van der Waals surface area contributed by atoms with Crippen molar-refractivity contribution in [2.45, 2.75) is 37.8 Å². The van der Waals surface area contributed by atoms with Gasteiger partial charge in [0.2, 0.25) is 0 Å². The summed E-state index contributed by atoms with van der Waals surface area (Å²) in [5.74, 6) is 0.405. The van der Waals surface area contributed by atoms with Gasteiger partial charge in [0.05, 0.1) is 12.1 Å². The molecule has 1 aliphatic rings. The average molecular weight is 341 g/mol. The SMILES string of the molecule is CN(CC(C)(C)O)C(=O)NC1CC1c1ccc(Br)cc1. The second-order valence-electron chi connectivity index (χ2n) is 6.12. The Balaban J connectivity index is 1.84. The Kier molecular flexibility index (Phi) is 4.39. The molecule has 0 aliphatic heterocycles. The molecule has 0 radical (unpaired) electrons. The summed E-state index contributed by atoms with van der Waals surface area (Å²) in [5.41, 5.74) is 0.379. The summed E-state index contributed by atoms with van der Waals surface area (Å²) in [5, 5.41) is 12.7. The molecule has 2 atom stereocenters. The summed E-state index contributed by atoms with van der Waals surface area (Å²) in [7, 11) is 1.70. The number of carbonyl (C=O) groups is 1. The number of hydrogen-bond acceptors (Lipinski definition) is 2. The molecule has 1 aromatic rings. The largest absolute Gasteiger partial charge is 0.389 e. The minimum atomic E-state index is -0.874. The number of nitrogens with zero attached hydrogens (tertiary/aromatic N) is 1. The Morgan fingerprint density at radius 3 is 2.60 bits per heavy atom. The molecule has 0 saturated heterocycles. The van der Waals surface area contributed by atoms with Crippen molar-refractivity contribution in [1.82, 2.24) is 10.2 Å². The van der Waals surface area contributed by atoms with E-state index >= 15 is 0 Å². The highest BCUT2D eigenvalue weighted by Crippen LogP contribution is 2.41. The lowest BCUT2D eigenvalue weighted by Gasteiger charge is -2.25. The van der Waals surface area contributed by atoms with E-state index in [2.05, 4.69) is 33.4 Å². The molecule has 0 bridgehead atoms. The van der Waals surface area contributed by atoms with Crippen LogP contribution < -0.4 is 5.32 Å². The Hall–Kier alpha value is -1.07. The van der Waals surface area contributed by atoms with Gasteiger partial charge in [0.1, 0.15) is 0 Å². The van der Waals surface area contributed by atoms with Gasteiger partial charge < -0.3 is 15.3 Å². The third-order valence-electron chi connectivity index (χ3n) is 3.37. The third kappa shape index (κ3) is 4.21. The first-order valence-electron chi connectivity index (χ1n) is 6.76. The lowest BCUT2D eigenvalue weighted by Crippen LogP contribution is -2.45. The number of carbonyl (C=O) groups excluding carboxylic acids is 1. The Morgan fingerprint density at radius 2 is 2.05 bits per heavy atom. The van der Waals surface area contributed by atoms with Crippen LogP contribution in [-0.2, 0) is 0 Å². The Morgan fingerprint density at radius 1 is 1.45 bits per heavy atom. The predicted octanol–water partition coefficient (Wildman–Crippen LogP) is 2.72. The van der Waals surface area contributed by atoms with E-state index in [1.807, 2.05) is 12.1 Å². The summed E-state index contributed by atoms with van der Waals surface area (Å²) in [6.07, 6.45) is 0.976. The van der Waals surface area contributed by atoms with Crippen LogP contribution in [0.2, 0.25) is 0 Å². The van der Waals surface area contributed by atoms with Gasteiger partial charge in [0.25, 0.3) is 0 Å². The molecule has 2 N–H and O–H groups in total. The lowest BCUT2D eigenvalue weighted by molar-refractivity contribution is 0.0531. The zero-order valence-corrected chi connectivity index (χ0v) is 13.6. The third-order valence-corrected chi connectivity index (χ3v) is 3.90. The van der Waals surface area contributed by atoms with E-state index in [9.17, 15) is 9.90 Å². The molecule has 0 heterocycles. The fourth-order valence-corrected chi connectivity index (χ4v) is 2.62. The Bertz CT molecular complexity index is 482. The average Bonchev–Trinajstić information content (AvgIpc) is 3.07. The van der Waals surface area contributed by atoms with Gasteiger partial charge in [-0.3, -0.25) is 0 Å². The summed E-state index contributed by atoms with van der Waals surface area (Å²) in [6.45, 7) is 3.70. The van der Waals surface area contributed by atoms with Gasteiger partial charge in [-0.15, -0.1) is 0 Å². The molecule has 2 amide bonds. The van der Waals surface area contributed by atoms with E-state index in [0.717, 1.165) is 10.9 Å². The lowest BCUT2D eigenvalue weighted by atomic mass is 10.1. The van der Waals surface area contributed by atoms with Gasteiger partial charge in [-0.25, -0.2) is 4.79 Å². The molecular formula is C15H21BrN2O2. The second kappa shape index (κ2) is 5.74. The smallest absolute Gasteiger partial charge is 0.317 e. The van der Waals surface area contributed by atoms with Crippen molar-refractivity contribution < 1.29 is 9.90 Å². The molecule has 0 aromatic heterocycles. The highest BCUT2D eigenvalue weighted by atomic mass is 79.9. The van der Waals surface area contributed by atoms with Crippen molar-refractivity contribution in [1.29, 1.82) is 0 Å². The highest BCUT2D eigenvalue weighted by Gasteiger charge is 2.40. The molecular weight excluding hydrogens is 320 g/mol. The van der Waals surface area contributed by atoms with Gasteiger partial charge in [-0.2, -0.15) is 0 Å². The van der Waals surface area contributed by atoms with E-state index < -0.39 is 5.60 Å². The zero-order chi connectivity index (χ0) is 14.9. The molecule has 1 fully saturated rings. The van der Waals surface area contributed by atoms with Crippen LogP contribution in [0.25, 0.3) is 0 Å². The number of benzene rings is 1. The van der Waals surface area contributed by atoms with E-state index in [-0.39, 0.29) is 12.1 Å². The summed E-state index contributed by atoms with van der Waals surface area (Å²) < 4.78 is 1.06. The molecule has 4 nitrogen and oxygen atoms in total. The van der Waals surface area contributed by atoms with Gasteiger partial charge in [-0.05, 0) is 38.0 Å². The molecule has 2 rings (SSSR count). The van der Waals surface area contributed by atoms with Crippen LogP contribution in [0.15, 0.2) is 28.7 Å². The van der Waals surface area contributed by atoms with Crippen LogP contribution in [0.4, 0.5) is 4.79 Å². The molecule has 0 spiro atoms. The zero-order valence-electron chi connectivity index (χ0n) is 12.1. The monoisotopic (exact) mass is 340 g/mol. The molecule has 20 heavy (non-hydrogen) atoms. The van der Waals surface area contributed by atoms with Gasteiger partial charge in [0.15, 0.2) is 0 Å². The first-order valence-corrected chi connectivity index (χ1v) is 7.55. The minimum Gasteiger partial charge on any atom is -0.389 e. The fraction of sp³-hybridized carbons (Fsp3) is 0.533. The first-order chi connectivity index (χ1) is 9.26. The minimum absolute atomic E-state index is 0.128. The molecule has 1 saturated carbocycles. The molecule has 2 unspecified atom stereocenters. The Labute approximate surface area is 128 Å². The maximum Gasteiger partial charge on any atom is 0.317 e. The molecule has 1 aliphatic carbocycles. The van der Waals surface area contributed by atoms with Gasteiger partial charge in [0, 0.05) is 23.5 Å². The quantitative estimate of drug-likeness (QED) is 0.885. The van der Waals surface area contributed by atoms with Crippen LogP contribution in [0.1, 0.15) is 31.7 Å². The maximum absolute atomic E-state index is 12.0.